The van der Waals surface area contributed by atoms with E-state index in [1.807, 2.05) is 26.2 Å². The smallest absolute Gasteiger partial charge is 0.128 e. The van der Waals surface area contributed by atoms with Gasteiger partial charge in [0, 0.05) is 30.1 Å². The second-order valence-electron chi connectivity index (χ2n) is 5.10. The Morgan fingerprint density at radius 2 is 2.11 bits per heavy atom. The van der Waals surface area contributed by atoms with Gasteiger partial charge in [-0.15, -0.1) is 0 Å². The number of hydrogen-bond acceptors (Lipinski definition) is 3. The summed E-state index contributed by atoms with van der Waals surface area (Å²) in [6.45, 7) is 8.22. The van der Waals surface area contributed by atoms with E-state index in [0.717, 1.165) is 36.4 Å². The molecule has 0 saturated heterocycles. The molecule has 0 unspecified atom stereocenters. The fraction of sp³-hybridized carbons (Fsp3) is 0.438. The minimum atomic E-state index is 0.896. The monoisotopic (exact) mass is 255 g/mol. The normalized spacial score (nSPS) is 14.7. The molecule has 0 aliphatic heterocycles. The van der Waals surface area contributed by atoms with Crippen molar-refractivity contribution in [2.45, 2.75) is 47.0 Å². The molecule has 0 saturated carbocycles. The first-order valence-corrected chi connectivity index (χ1v) is 6.83. The summed E-state index contributed by atoms with van der Waals surface area (Å²) in [6.07, 6.45) is 9.03. The number of allylic oxidation sites excluding steroid dienone is 2. The second kappa shape index (κ2) is 5.91. The van der Waals surface area contributed by atoms with Gasteiger partial charge in [-0.3, -0.25) is 4.99 Å². The summed E-state index contributed by atoms with van der Waals surface area (Å²) in [7, 11) is 0. The molecule has 0 fully saturated rings. The maximum atomic E-state index is 4.60. The summed E-state index contributed by atoms with van der Waals surface area (Å²) in [5, 5.41) is 0. The minimum absolute atomic E-state index is 0.896. The Kier molecular flexibility index (Phi) is 4.25. The largest absolute Gasteiger partial charge is 0.266 e. The molecule has 100 valence electrons. The number of hydrogen-bond donors (Lipinski definition) is 0. The number of rotatable bonds is 3. The van der Waals surface area contributed by atoms with Crippen molar-refractivity contribution in [1.29, 1.82) is 0 Å². The summed E-state index contributed by atoms with van der Waals surface area (Å²) in [4.78, 5) is 13.3. The van der Waals surface area contributed by atoms with E-state index in [2.05, 4.69) is 34.9 Å². The van der Waals surface area contributed by atoms with Crippen LogP contribution in [0.3, 0.4) is 0 Å². The van der Waals surface area contributed by atoms with E-state index in [9.17, 15) is 0 Å². The van der Waals surface area contributed by atoms with Crippen LogP contribution in [0, 0.1) is 0 Å². The van der Waals surface area contributed by atoms with E-state index in [1.165, 1.54) is 16.8 Å². The molecular formula is C16H21N3. The van der Waals surface area contributed by atoms with Crippen molar-refractivity contribution >= 4 is 11.8 Å². The third-order valence-electron chi connectivity index (χ3n) is 3.25. The maximum absolute atomic E-state index is 4.60. The van der Waals surface area contributed by atoms with Crippen LogP contribution in [-0.4, -0.2) is 15.7 Å². The molecule has 2 rings (SSSR count). The van der Waals surface area contributed by atoms with Crippen LogP contribution < -0.4 is 0 Å². The number of fused-ring (bicyclic) bond motifs is 1. The Morgan fingerprint density at radius 1 is 1.32 bits per heavy atom. The molecule has 1 aliphatic carbocycles. The van der Waals surface area contributed by atoms with Crippen LogP contribution >= 0.6 is 0 Å². The number of aromatic nitrogens is 2. The van der Waals surface area contributed by atoms with Gasteiger partial charge in [-0.2, -0.15) is 0 Å². The Hall–Kier alpha value is -1.77. The van der Waals surface area contributed by atoms with Gasteiger partial charge in [0.2, 0.25) is 0 Å². The lowest BCUT2D eigenvalue weighted by Crippen LogP contribution is -2.06. The van der Waals surface area contributed by atoms with Crippen LogP contribution in [0.5, 0.6) is 0 Å². The van der Waals surface area contributed by atoms with Gasteiger partial charge in [0.05, 0.1) is 5.69 Å². The molecule has 0 radical (unpaired) electrons. The van der Waals surface area contributed by atoms with Crippen molar-refractivity contribution in [3.05, 3.63) is 40.6 Å². The average molecular weight is 255 g/mol. The molecule has 0 spiro atoms. The molecule has 0 N–H and O–H groups in total. The van der Waals surface area contributed by atoms with E-state index in [1.54, 1.807) is 0 Å². The predicted molar refractivity (Wildman–Crippen MR) is 80.2 cm³/mol. The van der Waals surface area contributed by atoms with Gasteiger partial charge in [0.25, 0.3) is 0 Å². The molecule has 1 heterocycles. The van der Waals surface area contributed by atoms with Crippen molar-refractivity contribution < 1.29 is 0 Å². The molecule has 0 bridgehead atoms. The van der Waals surface area contributed by atoms with E-state index in [-0.39, 0.29) is 0 Å². The topological polar surface area (TPSA) is 38.1 Å². The zero-order chi connectivity index (χ0) is 13.8. The third-order valence-corrected chi connectivity index (χ3v) is 3.25. The fourth-order valence-electron chi connectivity index (χ4n) is 2.09. The summed E-state index contributed by atoms with van der Waals surface area (Å²) >= 11 is 0. The first-order valence-electron chi connectivity index (χ1n) is 6.83. The summed E-state index contributed by atoms with van der Waals surface area (Å²) in [5.41, 5.74) is 5.98. The summed E-state index contributed by atoms with van der Waals surface area (Å²) in [6, 6.07) is 0. The summed E-state index contributed by atoms with van der Waals surface area (Å²) in [5.74, 6) is 0.939. The predicted octanol–water partition coefficient (Wildman–Crippen LogP) is 3.75. The van der Waals surface area contributed by atoms with Crippen molar-refractivity contribution in [2.75, 3.05) is 0 Å². The first kappa shape index (κ1) is 13.7. The van der Waals surface area contributed by atoms with Gasteiger partial charge >= 0.3 is 0 Å². The van der Waals surface area contributed by atoms with Crippen molar-refractivity contribution in [3.63, 3.8) is 0 Å². The van der Waals surface area contributed by atoms with Gasteiger partial charge in [0.15, 0.2) is 0 Å². The van der Waals surface area contributed by atoms with Crippen LogP contribution in [0.15, 0.2) is 28.5 Å². The second-order valence-corrected chi connectivity index (χ2v) is 5.10. The third kappa shape index (κ3) is 3.37. The van der Waals surface area contributed by atoms with E-state index < -0.39 is 0 Å². The Labute approximate surface area is 115 Å². The van der Waals surface area contributed by atoms with Gasteiger partial charge < -0.3 is 0 Å². The van der Waals surface area contributed by atoms with Crippen molar-refractivity contribution in [2.24, 2.45) is 4.99 Å². The van der Waals surface area contributed by atoms with Crippen LogP contribution in [0.25, 0.3) is 6.08 Å². The molecule has 1 aliphatic rings. The van der Waals surface area contributed by atoms with Crippen LogP contribution in [0.4, 0.5) is 0 Å². The SMILES string of the molecule is CCc1ncc2c(n1)CCC(/C(C)=C/N=C(C)C)=C2. The van der Waals surface area contributed by atoms with Crippen molar-refractivity contribution in [3.8, 4) is 0 Å². The molecule has 19 heavy (non-hydrogen) atoms. The molecule has 0 amide bonds. The fourth-order valence-corrected chi connectivity index (χ4v) is 2.09. The molecule has 1 aromatic rings. The highest BCUT2D eigenvalue weighted by molar-refractivity contribution is 5.79. The van der Waals surface area contributed by atoms with E-state index in [0.29, 0.717) is 0 Å². The van der Waals surface area contributed by atoms with Gasteiger partial charge in [-0.25, -0.2) is 9.97 Å². The molecular weight excluding hydrogens is 234 g/mol. The molecule has 3 heteroatoms. The highest BCUT2D eigenvalue weighted by Gasteiger charge is 2.13. The van der Waals surface area contributed by atoms with Crippen LogP contribution in [0.1, 0.15) is 51.2 Å². The highest BCUT2D eigenvalue weighted by atomic mass is 14.9. The van der Waals surface area contributed by atoms with Crippen LogP contribution in [0.2, 0.25) is 0 Å². The van der Waals surface area contributed by atoms with Crippen LogP contribution in [-0.2, 0) is 12.8 Å². The van der Waals surface area contributed by atoms with Crippen molar-refractivity contribution in [1.82, 2.24) is 9.97 Å². The van der Waals surface area contributed by atoms with Gasteiger partial charge in [-0.1, -0.05) is 6.92 Å². The number of nitrogens with zero attached hydrogens (tertiary/aromatic N) is 3. The maximum Gasteiger partial charge on any atom is 0.128 e. The minimum Gasteiger partial charge on any atom is -0.266 e. The molecule has 0 aromatic carbocycles. The highest BCUT2D eigenvalue weighted by Crippen LogP contribution is 2.26. The van der Waals surface area contributed by atoms with Gasteiger partial charge in [0.1, 0.15) is 5.82 Å². The Bertz CT molecular complexity index is 561. The van der Waals surface area contributed by atoms with Gasteiger partial charge in [-0.05, 0) is 50.8 Å². The lowest BCUT2D eigenvalue weighted by molar-refractivity contribution is 0.831. The molecule has 1 aromatic heterocycles. The Balaban J connectivity index is 2.29. The quantitative estimate of drug-likeness (QED) is 0.771. The average Bonchev–Trinajstić information content (AvgIpc) is 2.43. The lowest BCUT2D eigenvalue weighted by Gasteiger charge is -2.16. The number of aryl methyl sites for hydroxylation is 2. The lowest BCUT2D eigenvalue weighted by atomic mass is 9.93. The van der Waals surface area contributed by atoms with E-state index in [4.69, 9.17) is 0 Å². The summed E-state index contributed by atoms with van der Waals surface area (Å²) < 4.78 is 0. The Morgan fingerprint density at radius 3 is 2.79 bits per heavy atom. The zero-order valence-corrected chi connectivity index (χ0v) is 12.2. The van der Waals surface area contributed by atoms with E-state index >= 15 is 0 Å². The standard InChI is InChI=1S/C16H21N3/c1-5-16-18-10-14-8-13(6-7-15(14)19-16)12(4)9-17-11(2)3/h8-10H,5-7H2,1-4H3/b12-9+. The number of aliphatic imine (C=N–C) groups is 1. The molecule has 0 atom stereocenters. The zero-order valence-electron chi connectivity index (χ0n) is 12.2. The molecule has 3 nitrogen and oxygen atoms in total. The first-order chi connectivity index (χ1) is 9.10.